The topological polar surface area (TPSA) is 93.8 Å². The van der Waals surface area contributed by atoms with Crippen LogP contribution in [0, 0.1) is 5.92 Å². The molecule has 1 unspecified atom stereocenters. The van der Waals surface area contributed by atoms with E-state index < -0.39 is 11.9 Å². The summed E-state index contributed by atoms with van der Waals surface area (Å²) in [5.41, 5.74) is 6.76. The van der Waals surface area contributed by atoms with E-state index in [0.29, 0.717) is 11.5 Å². The average Bonchev–Trinajstić information content (AvgIpc) is 2.35. The molecule has 1 aromatic heterocycles. The van der Waals surface area contributed by atoms with Crippen LogP contribution in [0.1, 0.15) is 13.8 Å². The van der Waals surface area contributed by atoms with E-state index in [1.54, 1.807) is 0 Å². The molecule has 0 spiro atoms. The van der Waals surface area contributed by atoms with Gasteiger partial charge in [-0.2, -0.15) is 0 Å². The van der Waals surface area contributed by atoms with Gasteiger partial charge in [0.15, 0.2) is 0 Å². The molecule has 2 aromatic rings. The summed E-state index contributed by atoms with van der Waals surface area (Å²) < 4.78 is 0. The summed E-state index contributed by atoms with van der Waals surface area (Å²) in [4.78, 5) is 15.6. The maximum atomic E-state index is 11.3. The standard InChI is InChI=1S/C12H15N5O/c1-7(2)10(11(13)18)15-12-14-8-5-3-4-6-9(8)16-17-12/h3-7,10H,1-2H3,(H2,13,18)(H,14,15,17). The third-order valence-corrected chi connectivity index (χ3v) is 2.62. The van der Waals surface area contributed by atoms with Crippen LogP contribution in [0.2, 0.25) is 0 Å². The molecule has 0 radical (unpaired) electrons. The van der Waals surface area contributed by atoms with Crippen LogP contribution in [0.15, 0.2) is 24.3 Å². The van der Waals surface area contributed by atoms with Gasteiger partial charge in [0, 0.05) is 0 Å². The third-order valence-electron chi connectivity index (χ3n) is 2.62. The molecular formula is C12H15N5O. The summed E-state index contributed by atoms with van der Waals surface area (Å²) in [6.45, 7) is 3.80. The fraction of sp³-hybridized carbons (Fsp3) is 0.333. The SMILES string of the molecule is CC(C)C(Nc1nnc2ccccc2n1)C(N)=O. The first-order chi connectivity index (χ1) is 8.58. The zero-order valence-corrected chi connectivity index (χ0v) is 10.3. The molecule has 1 aromatic carbocycles. The van der Waals surface area contributed by atoms with Crippen LogP contribution in [-0.4, -0.2) is 27.1 Å². The smallest absolute Gasteiger partial charge is 0.243 e. The van der Waals surface area contributed by atoms with Crippen LogP contribution >= 0.6 is 0 Å². The number of amides is 1. The molecule has 0 fully saturated rings. The maximum Gasteiger partial charge on any atom is 0.243 e. The Balaban J connectivity index is 2.28. The van der Waals surface area contributed by atoms with Crippen molar-refractivity contribution in [3.8, 4) is 0 Å². The van der Waals surface area contributed by atoms with Gasteiger partial charge >= 0.3 is 0 Å². The predicted octanol–water partition coefficient (Wildman–Crippen LogP) is 0.947. The fourth-order valence-electron chi connectivity index (χ4n) is 1.65. The Bertz CT molecular complexity index is 569. The molecule has 3 N–H and O–H groups in total. The van der Waals surface area contributed by atoms with Crippen molar-refractivity contribution in [2.45, 2.75) is 19.9 Å². The van der Waals surface area contributed by atoms with Gasteiger partial charge in [0.1, 0.15) is 11.6 Å². The van der Waals surface area contributed by atoms with Gasteiger partial charge in [-0.25, -0.2) is 4.98 Å². The molecule has 6 nitrogen and oxygen atoms in total. The molecule has 0 saturated carbocycles. The number of hydrogen-bond donors (Lipinski definition) is 2. The van der Waals surface area contributed by atoms with Gasteiger partial charge in [-0.05, 0) is 18.1 Å². The number of rotatable bonds is 4. The number of nitrogens with zero attached hydrogens (tertiary/aromatic N) is 3. The molecule has 0 aliphatic rings. The molecule has 2 rings (SSSR count). The van der Waals surface area contributed by atoms with E-state index >= 15 is 0 Å². The lowest BCUT2D eigenvalue weighted by atomic mass is 10.0. The zero-order valence-electron chi connectivity index (χ0n) is 10.3. The Hall–Kier alpha value is -2.24. The normalized spacial score (nSPS) is 12.6. The largest absolute Gasteiger partial charge is 0.368 e. The Morgan fingerprint density at radius 1 is 1.22 bits per heavy atom. The van der Waals surface area contributed by atoms with Crippen LogP contribution in [0.25, 0.3) is 11.0 Å². The van der Waals surface area contributed by atoms with Crippen molar-refractivity contribution in [2.24, 2.45) is 11.7 Å². The summed E-state index contributed by atoms with van der Waals surface area (Å²) in [6.07, 6.45) is 0. The number of carbonyl (C=O) groups excluding carboxylic acids is 1. The molecule has 94 valence electrons. The highest BCUT2D eigenvalue weighted by Crippen LogP contribution is 2.11. The molecule has 1 amide bonds. The number of primary amides is 1. The Kier molecular flexibility index (Phi) is 3.36. The van der Waals surface area contributed by atoms with Crippen LogP contribution in [-0.2, 0) is 4.79 Å². The summed E-state index contributed by atoms with van der Waals surface area (Å²) in [7, 11) is 0. The predicted molar refractivity (Wildman–Crippen MR) is 68.8 cm³/mol. The highest BCUT2D eigenvalue weighted by atomic mass is 16.1. The van der Waals surface area contributed by atoms with E-state index in [2.05, 4.69) is 20.5 Å². The summed E-state index contributed by atoms with van der Waals surface area (Å²) in [6, 6.07) is 6.89. The van der Waals surface area contributed by atoms with Gasteiger partial charge in [0.2, 0.25) is 11.9 Å². The highest BCUT2D eigenvalue weighted by Gasteiger charge is 2.20. The number of aromatic nitrogens is 3. The second-order valence-electron chi connectivity index (χ2n) is 4.39. The fourth-order valence-corrected chi connectivity index (χ4v) is 1.65. The molecule has 0 bridgehead atoms. The zero-order chi connectivity index (χ0) is 13.1. The quantitative estimate of drug-likeness (QED) is 0.836. The van der Waals surface area contributed by atoms with Crippen molar-refractivity contribution in [2.75, 3.05) is 5.32 Å². The van der Waals surface area contributed by atoms with Gasteiger partial charge in [-0.1, -0.05) is 26.0 Å². The van der Waals surface area contributed by atoms with Crippen molar-refractivity contribution in [3.05, 3.63) is 24.3 Å². The first kappa shape index (κ1) is 12.2. The van der Waals surface area contributed by atoms with E-state index in [4.69, 9.17) is 5.73 Å². The van der Waals surface area contributed by atoms with Gasteiger partial charge < -0.3 is 11.1 Å². The minimum Gasteiger partial charge on any atom is -0.368 e. The number of nitrogens with two attached hydrogens (primary N) is 1. The Morgan fingerprint density at radius 2 is 1.89 bits per heavy atom. The van der Waals surface area contributed by atoms with Crippen molar-refractivity contribution >= 4 is 22.9 Å². The lowest BCUT2D eigenvalue weighted by molar-refractivity contribution is -0.119. The van der Waals surface area contributed by atoms with Gasteiger partial charge in [-0.3, -0.25) is 4.79 Å². The monoisotopic (exact) mass is 245 g/mol. The molecule has 6 heteroatoms. The number of para-hydroxylation sites is 1. The first-order valence-corrected chi connectivity index (χ1v) is 5.73. The number of fused-ring (bicyclic) bond motifs is 1. The molecule has 0 aliphatic carbocycles. The number of anilines is 1. The number of carbonyl (C=O) groups is 1. The van der Waals surface area contributed by atoms with E-state index in [0.717, 1.165) is 5.52 Å². The molecule has 1 heterocycles. The summed E-state index contributed by atoms with van der Waals surface area (Å²) >= 11 is 0. The average molecular weight is 245 g/mol. The number of nitrogens with one attached hydrogen (secondary N) is 1. The van der Waals surface area contributed by atoms with Gasteiger partial charge in [0.05, 0.1) is 5.52 Å². The van der Waals surface area contributed by atoms with Crippen LogP contribution in [0.3, 0.4) is 0 Å². The molecule has 0 aliphatic heterocycles. The van der Waals surface area contributed by atoms with Crippen molar-refractivity contribution in [3.63, 3.8) is 0 Å². The van der Waals surface area contributed by atoms with E-state index in [1.165, 1.54) is 0 Å². The minimum absolute atomic E-state index is 0.0533. The summed E-state index contributed by atoms with van der Waals surface area (Å²) in [5, 5.41) is 10.9. The van der Waals surface area contributed by atoms with E-state index in [1.807, 2.05) is 38.1 Å². The van der Waals surface area contributed by atoms with Crippen LogP contribution < -0.4 is 11.1 Å². The first-order valence-electron chi connectivity index (χ1n) is 5.73. The summed E-state index contributed by atoms with van der Waals surface area (Å²) in [5.74, 6) is -0.0643. The van der Waals surface area contributed by atoms with E-state index in [9.17, 15) is 4.79 Å². The van der Waals surface area contributed by atoms with Gasteiger partial charge in [-0.15, -0.1) is 10.2 Å². The van der Waals surface area contributed by atoms with Crippen molar-refractivity contribution in [1.82, 2.24) is 15.2 Å². The lowest BCUT2D eigenvalue weighted by Gasteiger charge is -2.18. The highest BCUT2D eigenvalue weighted by molar-refractivity contribution is 5.83. The second-order valence-corrected chi connectivity index (χ2v) is 4.39. The molecule has 1 atom stereocenters. The second kappa shape index (κ2) is 4.95. The number of benzene rings is 1. The Morgan fingerprint density at radius 3 is 2.50 bits per heavy atom. The van der Waals surface area contributed by atoms with Crippen LogP contribution in [0.4, 0.5) is 5.95 Å². The molecule has 0 saturated heterocycles. The number of hydrogen-bond acceptors (Lipinski definition) is 5. The minimum atomic E-state index is -0.507. The third kappa shape index (κ3) is 2.53. The van der Waals surface area contributed by atoms with Crippen molar-refractivity contribution < 1.29 is 4.79 Å². The van der Waals surface area contributed by atoms with E-state index in [-0.39, 0.29) is 5.92 Å². The van der Waals surface area contributed by atoms with Gasteiger partial charge in [0.25, 0.3) is 0 Å². The van der Waals surface area contributed by atoms with Crippen LogP contribution in [0.5, 0.6) is 0 Å². The maximum absolute atomic E-state index is 11.3. The molecular weight excluding hydrogens is 230 g/mol. The molecule has 18 heavy (non-hydrogen) atoms. The Labute approximate surface area is 105 Å². The lowest BCUT2D eigenvalue weighted by Crippen LogP contribution is -2.40. The van der Waals surface area contributed by atoms with Crippen molar-refractivity contribution in [1.29, 1.82) is 0 Å².